The first-order valence-corrected chi connectivity index (χ1v) is 25.6. The smallest absolute Gasteiger partial charge is 0.293 e. The molecule has 0 spiro atoms. The number of hydrogen-bond acceptors (Lipinski definition) is 4. The van der Waals surface area contributed by atoms with Crippen LogP contribution in [-0.2, 0) is 0 Å². The van der Waals surface area contributed by atoms with Gasteiger partial charge in [0.05, 0.1) is 5.71 Å². The summed E-state index contributed by atoms with van der Waals surface area (Å²) in [5, 5.41) is 24.7. The summed E-state index contributed by atoms with van der Waals surface area (Å²) >= 11 is 0. The summed E-state index contributed by atoms with van der Waals surface area (Å²) in [5.41, 5.74) is 2.56. The zero-order valence-electron chi connectivity index (χ0n) is 40.2. The van der Waals surface area contributed by atoms with Gasteiger partial charge in [-0.2, -0.15) is 8.78 Å². The number of nitrogens with zero attached hydrogens (tertiary/aromatic N) is 2. The Hall–Kier alpha value is -1.79. The normalized spacial score (nSPS) is 44.7. The molecule has 6 fully saturated rings. The van der Waals surface area contributed by atoms with E-state index in [0.717, 1.165) is 78.8 Å². The number of hydrogen-bond donors (Lipinski definition) is 2. The Labute approximate surface area is 369 Å². The minimum atomic E-state index is -3.03. The zero-order chi connectivity index (χ0) is 44.3. The van der Waals surface area contributed by atoms with E-state index in [0.29, 0.717) is 58.5 Å². The highest BCUT2D eigenvalue weighted by molar-refractivity contribution is 6.02. The molecule has 0 aromatic rings. The molecule has 2 N–H and O–H groups in total. The molecule has 15 atom stereocenters. The lowest BCUT2D eigenvalue weighted by atomic mass is 9.46. The van der Waals surface area contributed by atoms with Crippen molar-refractivity contribution in [3.63, 3.8) is 0 Å². The van der Waals surface area contributed by atoms with Crippen LogP contribution in [0.3, 0.4) is 0 Å². The first kappa shape index (κ1) is 47.2. The van der Waals surface area contributed by atoms with Gasteiger partial charge in [0.25, 0.3) is 5.92 Å². The van der Waals surface area contributed by atoms with Gasteiger partial charge in [-0.3, -0.25) is 0 Å². The second-order valence-corrected chi connectivity index (χ2v) is 24.6. The molecule has 6 saturated carbocycles. The fraction of sp³-hybridized carbons (Fsp3) is 0.889. The van der Waals surface area contributed by atoms with Crippen molar-refractivity contribution < 1.29 is 23.6 Å². The third kappa shape index (κ3) is 8.49. The average Bonchev–Trinajstić information content (AvgIpc) is 3.74. The highest BCUT2D eigenvalue weighted by Crippen LogP contribution is 2.70. The quantitative estimate of drug-likeness (QED) is 0.170. The molecule has 7 heteroatoms. The molecule has 0 heterocycles. The number of alkyl halides is 3. The number of fused-ring (bicyclic) bond motifs is 10. The van der Waals surface area contributed by atoms with E-state index in [1.807, 2.05) is 6.08 Å². The number of rotatable bonds is 10. The van der Waals surface area contributed by atoms with Gasteiger partial charge >= 0.3 is 0 Å². The van der Waals surface area contributed by atoms with Crippen molar-refractivity contribution in [3.05, 3.63) is 23.3 Å². The zero-order valence-corrected chi connectivity index (χ0v) is 40.2. The molecule has 0 bridgehead atoms. The maximum Gasteiger partial charge on any atom is 0.293 e. The van der Waals surface area contributed by atoms with Gasteiger partial charge in [-0.05, 0) is 194 Å². The monoisotopic (exact) mass is 853 g/mol. The fourth-order valence-electron chi connectivity index (χ4n) is 17.4. The molecule has 0 amide bonds. The fourth-order valence-corrected chi connectivity index (χ4v) is 17.4. The van der Waals surface area contributed by atoms with Crippen molar-refractivity contribution in [2.45, 2.75) is 210 Å². The van der Waals surface area contributed by atoms with Gasteiger partial charge < -0.3 is 10.4 Å². The first-order valence-electron chi connectivity index (χ1n) is 25.6. The van der Waals surface area contributed by atoms with Crippen molar-refractivity contribution in [2.24, 2.45) is 103 Å². The predicted molar refractivity (Wildman–Crippen MR) is 245 cm³/mol. The largest absolute Gasteiger partial charge is 0.411 e. The molecule has 61 heavy (non-hydrogen) atoms. The Morgan fingerprint density at radius 2 is 1.16 bits per heavy atom. The summed E-state index contributed by atoms with van der Waals surface area (Å²) in [6.45, 7) is 23.8. The van der Waals surface area contributed by atoms with Crippen LogP contribution in [0.5, 0.6) is 0 Å². The summed E-state index contributed by atoms with van der Waals surface area (Å²) in [6, 6.07) is 0. The van der Waals surface area contributed by atoms with Gasteiger partial charge in [-0.15, -0.1) is 0 Å². The van der Waals surface area contributed by atoms with Crippen LogP contribution in [0.4, 0.5) is 13.2 Å². The van der Waals surface area contributed by atoms with Gasteiger partial charge in [0, 0.05) is 6.42 Å². The Balaban J connectivity index is 0.000000184. The molecule has 0 saturated heterocycles. The van der Waals surface area contributed by atoms with Gasteiger partial charge in [-0.25, -0.2) is 4.39 Å². The van der Waals surface area contributed by atoms with E-state index in [9.17, 15) is 14.0 Å². The molecular weight excluding hydrogens is 766 g/mol. The van der Waals surface area contributed by atoms with E-state index >= 15 is 4.39 Å². The van der Waals surface area contributed by atoms with Gasteiger partial charge in [0.1, 0.15) is 11.9 Å². The molecular formula is C54H87F3N2O2. The topological polar surface area (TPSA) is 65.2 Å². The van der Waals surface area contributed by atoms with Gasteiger partial charge in [-0.1, -0.05) is 124 Å². The van der Waals surface area contributed by atoms with E-state index in [1.165, 1.54) is 89.5 Å². The van der Waals surface area contributed by atoms with Crippen molar-refractivity contribution in [3.8, 4) is 0 Å². The summed E-state index contributed by atoms with van der Waals surface area (Å²) in [6.07, 6.45) is 24.9. The lowest BCUT2D eigenvalue weighted by Crippen LogP contribution is -2.53. The molecule has 0 radical (unpaired) electrons. The van der Waals surface area contributed by atoms with Crippen LogP contribution in [0.15, 0.2) is 33.6 Å². The highest BCUT2D eigenvalue weighted by Gasteiger charge is 2.63. The lowest BCUT2D eigenvalue weighted by Gasteiger charge is -2.59. The maximum atomic E-state index is 15.5. The summed E-state index contributed by atoms with van der Waals surface area (Å²) in [4.78, 5) is 0. The molecule has 8 aliphatic rings. The van der Waals surface area contributed by atoms with Crippen molar-refractivity contribution in [2.75, 3.05) is 0 Å². The Morgan fingerprint density at radius 3 is 1.69 bits per heavy atom. The second-order valence-electron chi connectivity index (χ2n) is 24.6. The Morgan fingerprint density at radius 1 is 0.623 bits per heavy atom. The minimum Gasteiger partial charge on any atom is -0.411 e. The van der Waals surface area contributed by atoms with E-state index < -0.39 is 23.2 Å². The first-order chi connectivity index (χ1) is 28.7. The SMILES string of the molecule is CC(C)CCC[C@@H](C)[C@H]1CCC2C3CCC4=C/C(=N/O)C(F)(F)C[C@]4(C)C3CC[C@@]21C.CC(C)CCC[C@@H](C)[C@H]1CCC2C3C[C@@H](F)C4=CC(=NO)CC[C@]4(C)C3CC[C@@]21C. The van der Waals surface area contributed by atoms with Crippen LogP contribution in [0, 0.1) is 92.7 Å². The molecule has 346 valence electrons. The van der Waals surface area contributed by atoms with Crippen LogP contribution in [-0.4, -0.2) is 33.9 Å². The van der Waals surface area contributed by atoms with Crippen molar-refractivity contribution >= 4 is 11.4 Å². The Kier molecular flexibility index (Phi) is 13.8. The lowest BCUT2D eigenvalue weighted by molar-refractivity contribution is -0.0823. The predicted octanol–water partition coefficient (Wildman–Crippen LogP) is 15.9. The molecule has 4 nitrogen and oxygen atoms in total. The molecule has 6 unspecified atom stereocenters. The molecule has 0 aromatic carbocycles. The minimum absolute atomic E-state index is 0.0428. The van der Waals surface area contributed by atoms with Crippen molar-refractivity contribution in [1.29, 1.82) is 0 Å². The van der Waals surface area contributed by atoms with E-state index in [-0.39, 0.29) is 11.8 Å². The number of halogens is 3. The third-order valence-electron chi connectivity index (χ3n) is 20.6. The Bertz CT molecular complexity index is 1680. The van der Waals surface area contributed by atoms with E-state index in [1.54, 1.807) is 0 Å². The molecule has 0 aliphatic heterocycles. The average molecular weight is 853 g/mol. The van der Waals surface area contributed by atoms with Crippen LogP contribution in [0.2, 0.25) is 0 Å². The van der Waals surface area contributed by atoms with Crippen molar-refractivity contribution in [1.82, 2.24) is 0 Å². The van der Waals surface area contributed by atoms with Gasteiger partial charge in [0.15, 0.2) is 0 Å². The third-order valence-corrected chi connectivity index (χ3v) is 20.6. The standard InChI is InChI=1S/C27H43F2NO.C27H44FNO/c1-17(2)7-6-8-18(3)21-11-12-22-20-10-9-19-15-24(30-31)27(28,29)16-26(19,5)23(20)13-14-25(21,22)4;1-17(2)7-6-8-18(3)21-9-10-22-20-16-25(28)24-15-19(29-30)11-13-27(24,5)23(20)12-14-26(21,22)4/h15,17-18,20-23,31H,6-14,16H2,1-5H3;15,17-18,20-23,25,30H,6-14,16H2,1-5H3/b30-24-;/t18-,20?,21-,22?,23?,25-,26+;18-,20?,21-,22?,23?,25-,26-,27-/m11/s1. The van der Waals surface area contributed by atoms with Crippen LogP contribution in [0.1, 0.15) is 198 Å². The summed E-state index contributed by atoms with van der Waals surface area (Å²) < 4.78 is 45.1. The second kappa shape index (κ2) is 17.9. The van der Waals surface area contributed by atoms with E-state index in [2.05, 4.69) is 79.5 Å². The molecule has 8 aliphatic carbocycles. The van der Waals surface area contributed by atoms with Crippen LogP contribution >= 0.6 is 0 Å². The summed E-state index contributed by atoms with van der Waals surface area (Å²) in [7, 11) is 0. The van der Waals surface area contributed by atoms with Gasteiger partial charge in [0.2, 0.25) is 0 Å². The number of oxime groups is 2. The molecule has 8 rings (SSSR count). The molecule has 0 aromatic heterocycles. The summed E-state index contributed by atoms with van der Waals surface area (Å²) in [5.74, 6) is 5.14. The number of allylic oxidation sites excluding steroid dienone is 4. The highest BCUT2D eigenvalue weighted by atomic mass is 19.3. The van der Waals surface area contributed by atoms with Crippen LogP contribution in [0.25, 0.3) is 0 Å². The maximum absolute atomic E-state index is 15.5. The van der Waals surface area contributed by atoms with E-state index in [4.69, 9.17) is 5.21 Å². The van der Waals surface area contributed by atoms with Crippen LogP contribution < -0.4 is 0 Å².